The van der Waals surface area contributed by atoms with Crippen LogP contribution < -0.4 is 5.32 Å². The smallest absolute Gasteiger partial charge is 0.321 e. The molecule has 0 unspecified atom stereocenters. The van der Waals surface area contributed by atoms with Crippen LogP contribution in [0, 0.1) is 18.3 Å². The molecule has 0 spiro atoms. The van der Waals surface area contributed by atoms with Crippen LogP contribution in [0.5, 0.6) is 0 Å². The summed E-state index contributed by atoms with van der Waals surface area (Å²) in [4.78, 5) is 25.7. The maximum absolute atomic E-state index is 12.4. The summed E-state index contributed by atoms with van der Waals surface area (Å²) >= 11 is 3.43. The molecule has 1 saturated heterocycles. The molecule has 0 aromatic heterocycles. The van der Waals surface area contributed by atoms with E-state index in [0.717, 1.165) is 28.6 Å². The van der Waals surface area contributed by atoms with Crippen LogP contribution in [0.1, 0.15) is 24.8 Å². The number of hydrogen-bond donors (Lipinski definition) is 2. The number of fused-ring (bicyclic) bond motifs is 1. The number of nitrogens with zero attached hydrogens (tertiary/aromatic N) is 1. The maximum Gasteiger partial charge on any atom is 0.321 e. The number of carboxylic acid groups (broad SMARTS) is 1. The number of carbonyl (C=O) groups is 2. The van der Waals surface area contributed by atoms with Crippen molar-refractivity contribution in [3.63, 3.8) is 0 Å². The number of nitrogens with one attached hydrogen (secondary N) is 1. The van der Waals surface area contributed by atoms with Crippen LogP contribution >= 0.6 is 15.9 Å². The topological polar surface area (TPSA) is 69.6 Å². The van der Waals surface area contributed by atoms with Crippen LogP contribution in [0.25, 0.3) is 0 Å². The summed E-state index contributed by atoms with van der Waals surface area (Å²) in [7, 11) is 0. The van der Waals surface area contributed by atoms with E-state index in [2.05, 4.69) is 21.2 Å². The van der Waals surface area contributed by atoms with Gasteiger partial charge in [0.1, 0.15) is 0 Å². The van der Waals surface area contributed by atoms with Gasteiger partial charge in [0.2, 0.25) is 0 Å². The SMILES string of the molecule is Cc1cc(NC(=O)N2C[C@@H]3CCC[C@@]3(C(=O)O)C2)ccc1Br. The van der Waals surface area contributed by atoms with E-state index in [9.17, 15) is 14.7 Å². The Morgan fingerprint density at radius 1 is 1.45 bits per heavy atom. The van der Waals surface area contributed by atoms with E-state index < -0.39 is 11.4 Å². The summed E-state index contributed by atoms with van der Waals surface area (Å²) in [6.07, 6.45) is 2.51. The zero-order chi connectivity index (χ0) is 15.9. The monoisotopic (exact) mass is 366 g/mol. The molecule has 2 atom stereocenters. The van der Waals surface area contributed by atoms with Crippen LogP contribution in [0.4, 0.5) is 10.5 Å². The number of urea groups is 1. The second kappa shape index (κ2) is 5.57. The van der Waals surface area contributed by atoms with Gasteiger partial charge in [-0.15, -0.1) is 0 Å². The summed E-state index contributed by atoms with van der Waals surface area (Å²) in [5.74, 6) is -0.674. The Balaban J connectivity index is 1.71. The third kappa shape index (κ3) is 2.49. The first kappa shape index (κ1) is 15.3. The van der Waals surface area contributed by atoms with Crippen molar-refractivity contribution in [2.24, 2.45) is 11.3 Å². The first-order chi connectivity index (χ1) is 10.4. The summed E-state index contributed by atoms with van der Waals surface area (Å²) in [6.45, 7) is 2.81. The second-order valence-corrected chi connectivity index (χ2v) is 7.18. The Morgan fingerprint density at radius 3 is 2.86 bits per heavy atom. The van der Waals surface area contributed by atoms with Crippen molar-refractivity contribution in [1.82, 2.24) is 4.90 Å². The predicted octanol–water partition coefficient (Wildman–Crippen LogP) is 3.48. The third-order valence-electron chi connectivity index (χ3n) is 4.99. The van der Waals surface area contributed by atoms with Gasteiger partial charge in [-0.1, -0.05) is 22.4 Å². The molecule has 1 heterocycles. The van der Waals surface area contributed by atoms with E-state index in [0.29, 0.717) is 19.5 Å². The highest BCUT2D eigenvalue weighted by atomic mass is 79.9. The quantitative estimate of drug-likeness (QED) is 0.841. The lowest BCUT2D eigenvalue weighted by Gasteiger charge is -2.23. The lowest BCUT2D eigenvalue weighted by Crippen LogP contribution is -2.38. The third-order valence-corrected chi connectivity index (χ3v) is 5.88. The first-order valence-electron chi connectivity index (χ1n) is 7.48. The molecule has 1 aromatic carbocycles. The maximum atomic E-state index is 12.4. The lowest BCUT2D eigenvalue weighted by atomic mass is 9.81. The average Bonchev–Trinajstić information content (AvgIpc) is 3.00. The number of aliphatic carboxylic acids is 1. The largest absolute Gasteiger partial charge is 0.481 e. The predicted molar refractivity (Wildman–Crippen MR) is 86.9 cm³/mol. The van der Waals surface area contributed by atoms with Crippen molar-refractivity contribution in [2.75, 3.05) is 18.4 Å². The van der Waals surface area contributed by atoms with Crippen molar-refractivity contribution in [2.45, 2.75) is 26.2 Å². The summed E-state index contributed by atoms with van der Waals surface area (Å²) < 4.78 is 0.992. The number of hydrogen-bond acceptors (Lipinski definition) is 2. The van der Waals surface area contributed by atoms with Gasteiger partial charge in [-0.05, 0) is 49.4 Å². The number of anilines is 1. The number of carbonyl (C=O) groups excluding carboxylic acids is 1. The minimum atomic E-state index is -0.759. The van der Waals surface area contributed by atoms with Crippen LogP contribution in [0.15, 0.2) is 22.7 Å². The fraction of sp³-hybridized carbons (Fsp3) is 0.500. The van der Waals surface area contributed by atoms with Crippen molar-refractivity contribution >= 4 is 33.6 Å². The van der Waals surface area contributed by atoms with Gasteiger partial charge >= 0.3 is 12.0 Å². The van der Waals surface area contributed by atoms with Gasteiger partial charge in [0, 0.05) is 23.2 Å². The van der Waals surface area contributed by atoms with Crippen molar-refractivity contribution < 1.29 is 14.7 Å². The molecule has 118 valence electrons. The molecule has 3 rings (SSSR count). The zero-order valence-corrected chi connectivity index (χ0v) is 14.0. The zero-order valence-electron chi connectivity index (χ0n) is 12.4. The highest BCUT2D eigenvalue weighted by Crippen LogP contribution is 2.48. The van der Waals surface area contributed by atoms with Gasteiger partial charge in [0.05, 0.1) is 5.41 Å². The molecular formula is C16H19BrN2O3. The molecule has 2 amide bonds. The normalized spacial score (nSPS) is 26.8. The fourth-order valence-electron chi connectivity index (χ4n) is 3.72. The Bertz CT molecular complexity index is 634. The van der Waals surface area contributed by atoms with Gasteiger partial charge in [-0.3, -0.25) is 4.79 Å². The molecular weight excluding hydrogens is 348 g/mol. The molecule has 1 aliphatic carbocycles. The summed E-state index contributed by atoms with van der Waals surface area (Å²) in [5.41, 5.74) is 1.04. The minimum Gasteiger partial charge on any atom is -0.481 e. The Labute approximate surface area is 137 Å². The van der Waals surface area contributed by atoms with Crippen LogP contribution in [0.2, 0.25) is 0 Å². The van der Waals surface area contributed by atoms with Crippen LogP contribution in [-0.2, 0) is 4.79 Å². The second-order valence-electron chi connectivity index (χ2n) is 6.33. The van der Waals surface area contributed by atoms with E-state index in [1.165, 1.54) is 0 Å². The fourth-order valence-corrected chi connectivity index (χ4v) is 3.97. The number of carboxylic acids is 1. The molecule has 2 aliphatic rings. The van der Waals surface area contributed by atoms with Crippen molar-refractivity contribution in [3.05, 3.63) is 28.2 Å². The van der Waals surface area contributed by atoms with E-state index in [1.807, 2.05) is 25.1 Å². The van der Waals surface area contributed by atoms with Crippen molar-refractivity contribution in [3.8, 4) is 0 Å². The Morgan fingerprint density at radius 2 is 2.23 bits per heavy atom. The van der Waals surface area contributed by atoms with Gasteiger partial charge < -0.3 is 15.3 Å². The van der Waals surface area contributed by atoms with Gasteiger partial charge in [-0.2, -0.15) is 0 Å². The van der Waals surface area contributed by atoms with Crippen molar-refractivity contribution in [1.29, 1.82) is 0 Å². The average molecular weight is 367 g/mol. The summed E-state index contributed by atoms with van der Waals surface area (Å²) in [5, 5.41) is 12.4. The first-order valence-corrected chi connectivity index (χ1v) is 8.27. The standard InChI is InChI=1S/C16H19BrN2O3/c1-10-7-12(4-5-13(10)17)18-15(22)19-8-11-3-2-6-16(11,9-19)14(20)21/h4-5,7,11H,2-3,6,8-9H2,1H3,(H,18,22)(H,20,21)/t11-,16+/m0/s1. The number of benzene rings is 1. The number of aryl methyl sites for hydroxylation is 1. The number of amides is 2. The lowest BCUT2D eigenvalue weighted by molar-refractivity contribution is -0.149. The van der Waals surface area contributed by atoms with Gasteiger partial charge in [0.25, 0.3) is 0 Å². The highest BCUT2D eigenvalue weighted by Gasteiger charge is 2.55. The highest BCUT2D eigenvalue weighted by molar-refractivity contribution is 9.10. The molecule has 2 fully saturated rings. The minimum absolute atomic E-state index is 0.0856. The molecule has 1 saturated carbocycles. The van der Waals surface area contributed by atoms with E-state index >= 15 is 0 Å². The van der Waals surface area contributed by atoms with Crippen LogP contribution in [-0.4, -0.2) is 35.1 Å². The molecule has 2 N–H and O–H groups in total. The number of rotatable bonds is 2. The Kier molecular flexibility index (Phi) is 3.89. The Hall–Kier alpha value is -1.56. The van der Waals surface area contributed by atoms with E-state index in [4.69, 9.17) is 0 Å². The molecule has 0 radical (unpaired) electrons. The van der Waals surface area contributed by atoms with Gasteiger partial charge in [-0.25, -0.2) is 4.79 Å². The molecule has 1 aliphatic heterocycles. The van der Waals surface area contributed by atoms with Gasteiger partial charge in [0.15, 0.2) is 0 Å². The number of likely N-dealkylation sites (tertiary alicyclic amines) is 1. The van der Waals surface area contributed by atoms with Crippen LogP contribution in [0.3, 0.4) is 0 Å². The molecule has 5 nitrogen and oxygen atoms in total. The van der Waals surface area contributed by atoms with E-state index in [-0.39, 0.29) is 11.9 Å². The van der Waals surface area contributed by atoms with E-state index in [1.54, 1.807) is 4.90 Å². The molecule has 1 aromatic rings. The number of halogens is 1. The molecule has 0 bridgehead atoms. The molecule has 6 heteroatoms. The molecule has 22 heavy (non-hydrogen) atoms. The summed E-state index contributed by atoms with van der Waals surface area (Å²) in [6, 6.07) is 5.41.